The molecule has 0 aromatic heterocycles. The third-order valence-electron chi connectivity index (χ3n) is 4.20. The molecule has 6 nitrogen and oxygen atoms in total. The number of carbonyl (C=O) groups excluding carboxylic acids is 2. The summed E-state index contributed by atoms with van der Waals surface area (Å²) in [5.74, 6) is -0.0343. The summed E-state index contributed by atoms with van der Waals surface area (Å²) < 4.78 is 1.01. The van der Waals surface area contributed by atoms with Crippen molar-refractivity contribution in [1.82, 2.24) is 9.80 Å². The number of nitrogens with zero attached hydrogens (tertiary/aromatic N) is 2. The fraction of sp³-hybridized carbons (Fsp3) is 0.263. The number of hydrogen-bond acceptors (Lipinski definition) is 3. The number of carbonyl (C=O) groups is 2. The zero-order valence-electron chi connectivity index (χ0n) is 14.3. The summed E-state index contributed by atoms with van der Waals surface area (Å²) in [6, 6.07) is 17.0. The van der Waals surface area contributed by atoms with Gasteiger partial charge in [-0.1, -0.05) is 30.3 Å². The van der Waals surface area contributed by atoms with Gasteiger partial charge in [-0.15, -0.1) is 0 Å². The molecular weight excluding hydrogens is 443 g/mol. The fourth-order valence-electron chi connectivity index (χ4n) is 2.79. The fourth-order valence-corrected chi connectivity index (χ4v) is 3.31. The maximum atomic E-state index is 12.4. The van der Waals surface area contributed by atoms with Crippen molar-refractivity contribution in [3.8, 4) is 0 Å². The summed E-state index contributed by atoms with van der Waals surface area (Å²) in [6.07, 6.45) is 0. The first-order valence-electron chi connectivity index (χ1n) is 8.49. The molecule has 0 aliphatic carbocycles. The van der Waals surface area contributed by atoms with Gasteiger partial charge in [-0.3, -0.25) is 9.69 Å². The molecule has 1 aliphatic rings. The quantitative estimate of drug-likeness (QED) is 0.684. The van der Waals surface area contributed by atoms with Gasteiger partial charge in [0, 0.05) is 35.4 Å². The van der Waals surface area contributed by atoms with Crippen LogP contribution in [0, 0.1) is 3.57 Å². The van der Waals surface area contributed by atoms with Gasteiger partial charge in [-0.05, 0) is 46.9 Å². The molecular formula is C19H21IN4O2. The third-order valence-corrected chi connectivity index (χ3v) is 5.14. The number of benzene rings is 2. The molecule has 0 unspecified atom stereocenters. The first-order chi connectivity index (χ1) is 12.6. The van der Waals surface area contributed by atoms with Gasteiger partial charge in [0.1, 0.15) is 0 Å². The second-order valence-corrected chi connectivity index (χ2v) is 7.25. The molecule has 0 spiro atoms. The smallest absolute Gasteiger partial charge is 0.321 e. The Morgan fingerprint density at radius 2 is 1.54 bits per heavy atom. The Labute approximate surface area is 166 Å². The lowest BCUT2D eigenvalue weighted by Gasteiger charge is -2.34. The summed E-state index contributed by atoms with van der Waals surface area (Å²) in [4.78, 5) is 28.4. The Morgan fingerprint density at radius 1 is 0.885 bits per heavy atom. The number of anilines is 2. The van der Waals surface area contributed by atoms with Gasteiger partial charge in [0.25, 0.3) is 0 Å². The largest absolute Gasteiger partial charge is 0.325 e. The number of urea groups is 1. The number of rotatable bonds is 4. The zero-order chi connectivity index (χ0) is 18.4. The average Bonchev–Trinajstić information content (AvgIpc) is 2.65. The van der Waals surface area contributed by atoms with Crippen LogP contribution in [0.25, 0.3) is 0 Å². The Kier molecular flexibility index (Phi) is 6.45. The molecule has 2 N–H and O–H groups in total. The van der Waals surface area contributed by atoms with Crippen LogP contribution >= 0.6 is 22.6 Å². The first kappa shape index (κ1) is 18.7. The molecule has 136 valence electrons. The van der Waals surface area contributed by atoms with E-state index in [4.69, 9.17) is 0 Å². The number of nitrogens with one attached hydrogen (secondary N) is 2. The minimum atomic E-state index is -0.0949. The van der Waals surface area contributed by atoms with Crippen molar-refractivity contribution in [3.63, 3.8) is 0 Å². The van der Waals surface area contributed by atoms with Crippen LogP contribution in [0.1, 0.15) is 0 Å². The van der Waals surface area contributed by atoms with E-state index < -0.39 is 0 Å². The maximum Gasteiger partial charge on any atom is 0.321 e. The minimum Gasteiger partial charge on any atom is -0.325 e. The van der Waals surface area contributed by atoms with E-state index in [1.165, 1.54) is 0 Å². The lowest BCUT2D eigenvalue weighted by Crippen LogP contribution is -2.51. The number of hydrogen-bond donors (Lipinski definition) is 2. The molecule has 2 aromatic rings. The van der Waals surface area contributed by atoms with Crippen molar-refractivity contribution in [2.45, 2.75) is 0 Å². The van der Waals surface area contributed by atoms with E-state index in [-0.39, 0.29) is 11.9 Å². The van der Waals surface area contributed by atoms with E-state index in [9.17, 15) is 9.59 Å². The number of amides is 3. The van der Waals surface area contributed by atoms with Gasteiger partial charge >= 0.3 is 6.03 Å². The lowest BCUT2D eigenvalue weighted by molar-refractivity contribution is -0.117. The standard InChI is InChI=1S/C19H21IN4O2/c20-16-8-4-5-9-17(16)22-19(26)24-12-10-23(11-13-24)14-18(25)21-15-6-2-1-3-7-15/h1-9H,10-14H2,(H,21,25)(H,22,26). The highest BCUT2D eigenvalue weighted by atomic mass is 127. The number of halogens is 1. The van der Waals surface area contributed by atoms with Gasteiger partial charge in [0.2, 0.25) is 5.91 Å². The predicted molar refractivity (Wildman–Crippen MR) is 111 cm³/mol. The van der Waals surface area contributed by atoms with Crippen molar-refractivity contribution >= 4 is 45.9 Å². The molecule has 1 fully saturated rings. The molecule has 2 aromatic carbocycles. The summed E-state index contributed by atoms with van der Waals surface area (Å²) in [7, 11) is 0. The van der Waals surface area contributed by atoms with E-state index in [1.54, 1.807) is 4.90 Å². The SMILES string of the molecule is O=C(CN1CCN(C(=O)Nc2ccccc2I)CC1)Nc1ccccc1. The van der Waals surface area contributed by atoms with Crippen molar-refractivity contribution in [2.24, 2.45) is 0 Å². The molecule has 3 rings (SSSR count). The molecule has 0 radical (unpaired) electrons. The Hall–Kier alpha value is -2.13. The Bertz CT molecular complexity index is 761. The van der Waals surface area contributed by atoms with Crippen molar-refractivity contribution in [1.29, 1.82) is 0 Å². The van der Waals surface area contributed by atoms with Crippen molar-refractivity contribution < 1.29 is 9.59 Å². The van der Waals surface area contributed by atoms with Crippen LogP contribution in [0.5, 0.6) is 0 Å². The van der Waals surface area contributed by atoms with Crippen LogP contribution in [-0.2, 0) is 4.79 Å². The van der Waals surface area contributed by atoms with Crippen LogP contribution < -0.4 is 10.6 Å². The summed E-state index contributed by atoms with van der Waals surface area (Å²) >= 11 is 2.20. The summed E-state index contributed by atoms with van der Waals surface area (Å²) in [5.41, 5.74) is 1.62. The molecule has 3 amide bonds. The van der Waals surface area contributed by atoms with Gasteiger partial charge in [0.15, 0.2) is 0 Å². The minimum absolute atomic E-state index is 0.0343. The average molecular weight is 464 g/mol. The molecule has 7 heteroatoms. The molecule has 1 heterocycles. The van der Waals surface area contributed by atoms with Crippen LogP contribution in [0.15, 0.2) is 54.6 Å². The van der Waals surface area contributed by atoms with E-state index in [0.29, 0.717) is 32.7 Å². The van der Waals surface area contributed by atoms with E-state index >= 15 is 0 Å². The molecule has 26 heavy (non-hydrogen) atoms. The second-order valence-electron chi connectivity index (χ2n) is 6.09. The number of para-hydroxylation sites is 2. The van der Waals surface area contributed by atoms with Gasteiger partial charge in [-0.2, -0.15) is 0 Å². The highest BCUT2D eigenvalue weighted by molar-refractivity contribution is 14.1. The van der Waals surface area contributed by atoms with Crippen molar-refractivity contribution in [2.75, 3.05) is 43.4 Å². The highest BCUT2D eigenvalue weighted by Crippen LogP contribution is 2.17. The molecule has 1 saturated heterocycles. The number of piperazine rings is 1. The van der Waals surface area contributed by atoms with Crippen LogP contribution in [0.2, 0.25) is 0 Å². The second kappa shape index (κ2) is 9.00. The Balaban J connectivity index is 1.44. The van der Waals surface area contributed by atoms with Crippen LogP contribution in [-0.4, -0.2) is 54.5 Å². The highest BCUT2D eigenvalue weighted by Gasteiger charge is 2.22. The lowest BCUT2D eigenvalue weighted by atomic mass is 10.3. The first-order valence-corrected chi connectivity index (χ1v) is 9.57. The van der Waals surface area contributed by atoms with Gasteiger partial charge in [-0.25, -0.2) is 4.79 Å². The third kappa shape index (κ3) is 5.18. The van der Waals surface area contributed by atoms with E-state index in [1.807, 2.05) is 54.6 Å². The van der Waals surface area contributed by atoms with Crippen molar-refractivity contribution in [3.05, 3.63) is 58.2 Å². The van der Waals surface area contributed by atoms with Gasteiger partial charge in [0.05, 0.1) is 12.2 Å². The molecule has 0 bridgehead atoms. The van der Waals surface area contributed by atoms with Crippen LogP contribution in [0.3, 0.4) is 0 Å². The molecule has 1 aliphatic heterocycles. The molecule has 0 saturated carbocycles. The van der Waals surface area contributed by atoms with E-state index in [0.717, 1.165) is 14.9 Å². The van der Waals surface area contributed by atoms with Gasteiger partial charge < -0.3 is 15.5 Å². The predicted octanol–water partition coefficient (Wildman–Crippen LogP) is 3.08. The maximum absolute atomic E-state index is 12.4. The Morgan fingerprint density at radius 3 is 2.23 bits per heavy atom. The monoisotopic (exact) mass is 464 g/mol. The topological polar surface area (TPSA) is 64.7 Å². The van der Waals surface area contributed by atoms with Crippen LogP contribution in [0.4, 0.5) is 16.2 Å². The summed E-state index contributed by atoms with van der Waals surface area (Å²) in [6.45, 7) is 2.91. The summed E-state index contributed by atoms with van der Waals surface area (Å²) in [5, 5.41) is 5.84. The molecule has 0 atom stereocenters. The zero-order valence-corrected chi connectivity index (χ0v) is 16.5. The van der Waals surface area contributed by atoms with E-state index in [2.05, 4.69) is 38.1 Å². The normalized spacial score (nSPS) is 14.7.